The molecular formula is C13H12Br2OS. The van der Waals surface area contributed by atoms with Crippen molar-refractivity contribution in [3.63, 3.8) is 0 Å². The zero-order chi connectivity index (χ0) is 12.4. The highest BCUT2D eigenvalue weighted by Crippen LogP contribution is 2.39. The fourth-order valence-electron chi connectivity index (χ4n) is 1.69. The summed E-state index contributed by atoms with van der Waals surface area (Å²) in [5.74, 6) is 0.916. The van der Waals surface area contributed by atoms with Crippen LogP contribution in [0.2, 0.25) is 0 Å². The third kappa shape index (κ3) is 2.92. The minimum absolute atomic E-state index is 0.167. The van der Waals surface area contributed by atoms with Gasteiger partial charge in [0.1, 0.15) is 5.75 Å². The van der Waals surface area contributed by atoms with E-state index in [1.165, 1.54) is 11.1 Å². The van der Waals surface area contributed by atoms with Crippen molar-refractivity contribution >= 4 is 43.2 Å². The summed E-state index contributed by atoms with van der Waals surface area (Å²) in [6.45, 7) is 2.09. The van der Waals surface area contributed by atoms with Crippen LogP contribution in [0.5, 0.6) is 5.75 Å². The molecular weight excluding hydrogens is 364 g/mol. The van der Waals surface area contributed by atoms with Crippen LogP contribution in [-0.4, -0.2) is 7.11 Å². The van der Waals surface area contributed by atoms with Crippen molar-refractivity contribution in [3.8, 4) is 5.75 Å². The largest absolute Gasteiger partial charge is 0.496 e. The molecule has 0 bridgehead atoms. The van der Waals surface area contributed by atoms with Gasteiger partial charge in [-0.2, -0.15) is 0 Å². The van der Waals surface area contributed by atoms with Crippen molar-refractivity contribution < 1.29 is 4.74 Å². The minimum Gasteiger partial charge on any atom is -0.496 e. The molecule has 0 radical (unpaired) electrons. The normalized spacial score (nSPS) is 12.5. The molecule has 2 aromatic rings. The van der Waals surface area contributed by atoms with Gasteiger partial charge in [0.2, 0.25) is 0 Å². The number of benzene rings is 1. The summed E-state index contributed by atoms with van der Waals surface area (Å²) < 4.78 is 6.55. The van der Waals surface area contributed by atoms with Gasteiger partial charge in [-0.25, -0.2) is 0 Å². The molecule has 0 N–H and O–H groups in total. The molecule has 4 heteroatoms. The topological polar surface area (TPSA) is 9.23 Å². The highest BCUT2D eigenvalue weighted by atomic mass is 79.9. The zero-order valence-electron chi connectivity index (χ0n) is 9.54. The van der Waals surface area contributed by atoms with Crippen LogP contribution in [0.25, 0.3) is 0 Å². The average Bonchev–Trinajstić information content (AvgIpc) is 2.75. The molecule has 0 aliphatic carbocycles. The lowest BCUT2D eigenvalue weighted by Gasteiger charge is -2.14. The van der Waals surface area contributed by atoms with E-state index >= 15 is 0 Å². The van der Waals surface area contributed by atoms with Gasteiger partial charge in [0.25, 0.3) is 0 Å². The van der Waals surface area contributed by atoms with E-state index in [1.807, 2.05) is 6.07 Å². The Labute approximate surface area is 122 Å². The molecule has 2 rings (SSSR count). The number of ether oxygens (including phenoxy) is 1. The van der Waals surface area contributed by atoms with Crippen LogP contribution in [-0.2, 0) is 0 Å². The van der Waals surface area contributed by atoms with Crippen molar-refractivity contribution in [2.24, 2.45) is 0 Å². The van der Waals surface area contributed by atoms with Gasteiger partial charge in [0, 0.05) is 5.56 Å². The fourth-order valence-corrected chi connectivity index (χ4v) is 3.69. The lowest BCUT2D eigenvalue weighted by Crippen LogP contribution is -1.96. The van der Waals surface area contributed by atoms with Gasteiger partial charge in [-0.3, -0.25) is 0 Å². The number of thiophene rings is 1. The van der Waals surface area contributed by atoms with Crippen LogP contribution < -0.4 is 4.74 Å². The number of methoxy groups -OCH3 is 1. The van der Waals surface area contributed by atoms with Crippen LogP contribution in [0, 0.1) is 6.92 Å². The Hall–Kier alpha value is -0.320. The second-order valence-corrected chi connectivity index (χ2v) is 7.00. The molecule has 1 heterocycles. The molecule has 0 amide bonds. The van der Waals surface area contributed by atoms with Gasteiger partial charge in [0.15, 0.2) is 0 Å². The van der Waals surface area contributed by atoms with Gasteiger partial charge in [-0.1, -0.05) is 33.6 Å². The molecule has 0 fully saturated rings. The lowest BCUT2D eigenvalue weighted by atomic mass is 10.0. The predicted octanol–water partition coefficient (Wildman–Crippen LogP) is 5.31. The first-order valence-electron chi connectivity index (χ1n) is 5.14. The number of aryl methyl sites for hydroxylation is 1. The van der Waals surface area contributed by atoms with E-state index in [0.717, 1.165) is 15.1 Å². The van der Waals surface area contributed by atoms with Gasteiger partial charge >= 0.3 is 0 Å². The Morgan fingerprint density at radius 1 is 1.29 bits per heavy atom. The number of hydrogen-bond acceptors (Lipinski definition) is 2. The number of halogens is 2. The maximum absolute atomic E-state index is 5.41. The summed E-state index contributed by atoms with van der Waals surface area (Å²) in [6.07, 6.45) is 0. The zero-order valence-corrected chi connectivity index (χ0v) is 13.5. The molecule has 0 saturated carbocycles. The average molecular weight is 376 g/mol. The Kier molecular flexibility index (Phi) is 4.28. The van der Waals surface area contributed by atoms with Crippen LogP contribution in [0.3, 0.4) is 0 Å². The van der Waals surface area contributed by atoms with Gasteiger partial charge < -0.3 is 4.74 Å². The summed E-state index contributed by atoms with van der Waals surface area (Å²) in [5.41, 5.74) is 3.64. The van der Waals surface area contributed by atoms with E-state index in [2.05, 4.69) is 62.4 Å². The van der Waals surface area contributed by atoms with Gasteiger partial charge in [0.05, 0.1) is 15.7 Å². The summed E-state index contributed by atoms with van der Waals surface area (Å²) in [4.78, 5) is 0.167. The van der Waals surface area contributed by atoms with E-state index in [4.69, 9.17) is 4.74 Å². The fraction of sp³-hybridized carbons (Fsp3) is 0.231. The molecule has 0 saturated heterocycles. The predicted molar refractivity (Wildman–Crippen MR) is 80.5 cm³/mol. The maximum Gasteiger partial charge on any atom is 0.123 e. The summed E-state index contributed by atoms with van der Waals surface area (Å²) in [6, 6.07) is 8.36. The molecule has 0 aliphatic rings. The second kappa shape index (κ2) is 5.55. The molecule has 1 unspecified atom stereocenters. The Bertz CT molecular complexity index is 522. The summed E-state index contributed by atoms with van der Waals surface area (Å²) in [7, 11) is 1.71. The maximum atomic E-state index is 5.41. The number of alkyl halides is 1. The van der Waals surface area contributed by atoms with Crippen LogP contribution in [0.4, 0.5) is 0 Å². The molecule has 90 valence electrons. The molecule has 1 nitrogen and oxygen atoms in total. The highest BCUT2D eigenvalue weighted by molar-refractivity contribution is 9.11. The molecule has 1 aromatic heterocycles. The van der Waals surface area contributed by atoms with E-state index < -0.39 is 0 Å². The van der Waals surface area contributed by atoms with Crippen LogP contribution >= 0.6 is 43.2 Å². The summed E-state index contributed by atoms with van der Waals surface area (Å²) >= 11 is 8.92. The van der Waals surface area contributed by atoms with Crippen molar-refractivity contribution in [1.82, 2.24) is 0 Å². The molecule has 0 spiro atoms. The van der Waals surface area contributed by atoms with E-state index in [-0.39, 0.29) is 4.83 Å². The second-order valence-electron chi connectivity index (χ2n) is 3.79. The molecule has 1 atom stereocenters. The van der Waals surface area contributed by atoms with Crippen molar-refractivity contribution in [3.05, 3.63) is 50.1 Å². The third-order valence-electron chi connectivity index (χ3n) is 2.54. The molecule has 17 heavy (non-hydrogen) atoms. The molecule has 0 aliphatic heterocycles. The minimum atomic E-state index is 0.167. The lowest BCUT2D eigenvalue weighted by molar-refractivity contribution is 0.410. The SMILES string of the molecule is COc1ccc(C)cc1C(Br)c1csc(Br)c1. The first-order chi connectivity index (χ1) is 8.11. The van der Waals surface area contributed by atoms with Crippen molar-refractivity contribution in [1.29, 1.82) is 0 Å². The van der Waals surface area contributed by atoms with Gasteiger partial charge in [-0.05, 0) is 45.9 Å². The Morgan fingerprint density at radius 2 is 2.06 bits per heavy atom. The first kappa shape index (κ1) is 13.1. The monoisotopic (exact) mass is 374 g/mol. The van der Waals surface area contributed by atoms with Crippen molar-refractivity contribution in [2.45, 2.75) is 11.8 Å². The quantitative estimate of drug-likeness (QED) is 0.660. The molecule has 1 aromatic carbocycles. The van der Waals surface area contributed by atoms with Crippen LogP contribution in [0.1, 0.15) is 21.5 Å². The number of hydrogen-bond donors (Lipinski definition) is 0. The van der Waals surface area contributed by atoms with E-state index in [1.54, 1.807) is 18.4 Å². The highest BCUT2D eigenvalue weighted by Gasteiger charge is 2.16. The standard InChI is InChI=1S/C13H12Br2OS/c1-8-3-4-11(16-2)10(5-8)13(15)9-6-12(14)17-7-9/h3-7,13H,1-2H3. The van der Waals surface area contributed by atoms with E-state index in [9.17, 15) is 0 Å². The van der Waals surface area contributed by atoms with Gasteiger partial charge in [-0.15, -0.1) is 11.3 Å². The summed E-state index contributed by atoms with van der Waals surface area (Å²) in [5, 5.41) is 2.14. The smallest absolute Gasteiger partial charge is 0.123 e. The van der Waals surface area contributed by atoms with Crippen molar-refractivity contribution in [2.75, 3.05) is 7.11 Å². The van der Waals surface area contributed by atoms with Crippen LogP contribution in [0.15, 0.2) is 33.4 Å². The Morgan fingerprint density at radius 3 is 2.65 bits per heavy atom. The van der Waals surface area contributed by atoms with E-state index in [0.29, 0.717) is 0 Å². The first-order valence-corrected chi connectivity index (χ1v) is 7.73. The Balaban J connectivity index is 2.42. The number of rotatable bonds is 3. The third-order valence-corrected chi connectivity index (χ3v) is 5.08.